The average molecular weight is 455 g/mol. The first-order valence-electron chi connectivity index (χ1n) is 11.8. The van der Waals surface area contributed by atoms with Crippen molar-refractivity contribution >= 4 is 15.4 Å². The van der Waals surface area contributed by atoms with Gasteiger partial charge in [-0.3, -0.25) is 0 Å². The lowest BCUT2D eigenvalue weighted by molar-refractivity contribution is 0.296. The molecule has 0 spiro atoms. The van der Waals surface area contributed by atoms with E-state index >= 15 is 0 Å². The minimum Gasteiger partial charge on any atom is -0.494 e. The minimum absolute atomic E-state index is 0.101. The number of fused-ring (bicyclic) bond motifs is 1. The lowest BCUT2D eigenvalue weighted by Gasteiger charge is -2.22. The molecule has 172 valence electrons. The number of pyridine rings is 1. The van der Waals surface area contributed by atoms with Crippen LogP contribution in [0.2, 0.25) is 0 Å². The van der Waals surface area contributed by atoms with E-state index in [-0.39, 0.29) is 5.92 Å². The molecule has 5 nitrogen and oxygen atoms in total. The maximum atomic E-state index is 13.5. The molecule has 1 fully saturated rings. The fraction of sp³-hybridized carbons (Fsp3) is 0.462. The van der Waals surface area contributed by atoms with E-state index in [9.17, 15) is 8.42 Å². The van der Waals surface area contributed by atoms with Crippen molar-refractivity contribution in [2.45, 2.75) is 74.1 Å². The maximum Gasteiger partial charge on any atom is 0.209 e. The number of nitrogens with one attached hydrogen (secondary N) is 1. The van der Waals surface area contributed by atoms with Crippen LogP contribution < -0.4 is 10.1 Å². The first-order valence-corrected chi connectivity index (χ1v) is 13.3. The molecular formula is C26H34N2O3S. The summed E-state index contributed by atoms with van der Waals surface area (Å²) < 4.78 is 34.8. The fourth-order valence-electron chi connectivity index (χ4n) is 4.53. The van der Waals surface area contributed by atoms with Crippen molar-refractivity contribution in [1.29, 1.82) is 0 Å². The van der Waals surface area contributed by atoms with Crippen LogP contribution >= 0.6 is 0 Å². The van der Waals surface area contributed by atoms with Crippen molar-refractivity contribution in [2.24, 2.45) is 0 Å². The van der Waals surface area contributed by atoms with Gasteiger partial charge in [0.15, 0.2) is 0 Å². The van der Waals surface area contributed by atoms with Crippen LogP contribution in [0.1, 0.15) is 63.9 Å². The predicted octanol–water partition coefficient (Wildman–Crippen LogP) is 5.59. The Hall–Kier alpha value is -2.31. The molecule has 3 aromatic rings. The van der Waals surface area contributed by atoms with Gasteiger partial charge < -0.3 is 14.5 Å². The highest BCUT2D eigenvalue weighted by Gasteiger charge is 2.27. The van der Waals surface area contributed by atoms with Crippen molar-refractivity contribution in [3.63, 3.8) is 0 Å². The van der Waals surface area contributed by atoms with Crippen LogP contribution in [0.25, 0.3) is 5.52 Å². The van der Waals surface area contributed by atoms with E-state index in [1.54, 1.807) is 24.3 Å². The Labute approximate surface area is 191 Å². The first-order chi connectivity index (χ1) is 15.5. The first kappa shape index (κ1) is 22.9. The SMILES string of the molecule is CC(C)c1cn2ccccc2c1S(=O)(=O)c1ccc(OCCCNC2CCCCC2)cc1. The summed E-state index contributed by atoms with van der Waals surface area (Å²) in [4.78, 5) is 0.693. The van der Waals surface area contributed by atoms with Gasteiger partial charge in [0.05, 0.1) is 17.0 Å². The molecule has 0 aliphatic heterocycles. The molecule has 0 unspecified atom stereocenters. The number of benzene rings is 1. The van der Waals surface area contributed by atoms with Crippen molar-refractivity contribution in [2.75, 3.05) is 13.2 Å². The van der Waals surface area contributed by atoms with Crippen LogP contribution in [0.4, 0.5) is 0 Å². The third kappa shape index (κ3) is 5.02. The average Bonchev–Trinajstić information content (AvgIpc) is 3.21. The Bertz CT molecular complexity index is 1130. The van der Waals surface area contributed by atoms with Gasteiger partial charge >= 0.3 is 0 Å². The number of sulfone groups is 1. The highest BCUT2D eigenvalue weighted by molar-refractivity contribution is 7.91. The number of nitrogens with zero attached hydrogens (tertiary/aromatic N) is 1. The third-order valence-corrected chi connectivity index (χ3v) is 8.19. The molecule has 2 aromatic heterocycles. The van der Waals surface area contributed by atoms with Crippen molar-refractivity contribution < 1.29 is 13.2 Å². The number of ether oxygens (including phenoxy) is 1. The smallest absolute Gasteiger partial charge is 0.209 e. The molecule has 1 aliphatic carbocycles. The van der Waals surface area contributed by atoms with E-state index in [1.807, 2.05) is 48.8 Å². The molecule has 2 heterocycles. The van der Waals surface area contributed by atoms with Crippen LogP contribution in [0.15, 0.2) is 64.6 Å². The fourth-order valence-corrected chi connectivity index (χ4v) is 6.31. The Balaban J connectivity index is 1.41. The predicted molar refractivity (Wildman–Crippen MR) is 128 cm³/mol. The molecule has 0 saturated heterocycles. The second kappa shape index (κ2) is 10.1. The summed E-state index contributed by atoms with van der Waals surface area (Å²) in [6.45, 7) is 5.62. The van der Waals surface area contributed by atoms with E-state index in [2.05, 4.69) is 5.32 Å². The van der Waals surface area contributed by atoms with Crippen molar-refractivity contribution in [3.05, 3.63) is 60.4 Å². The molecule has 0 amide bonds. The van der Waals surface area contributed by atoms with Crippen molar-refractivity contribution in [1.82, 2.24) is 9.72 Å². The monoisotopic (exact) mass is 454 g/mol. The van der Waals surface area contributed by atoms with E-state index in [0.717, 1.165) is 18.5 Å². The van der Waals surface area contributed by atoms with E-state index in [4.69, 9.17) is 4.74 Å². The van der Waals surface area contributed by atoms with Crippen LogP contribution in [0.5, 0.6) is 5.75 Å². The van der Waals surface area contributed by atoms with Gasteiger partial charge in [-0.1, -0.05) is 39.2 Å². The zero-order chi connectivity index (χ0) is 22.6. The molecule has 6 heteroatoms. The van der Waals surface area contributed by atoms with Gasteiger partial charge in [0.25, 0.3) is 0 Å². The van der Waals surface area contributed by atoms with Gasteiger partial charge in [-0.15, -0.1) is 0 Å². The molecule has 0 bridgehead atoms. The van der Waals surface area contributed by atoms with Crippen LogP contribution in [-0.2, 0) is 9.84 Å². The molecule has 4 rings (SSSR count). The highest BCUT2D eigenvalue weighted by Crippen LogP contribution is 2.34. The summed E-state index contributed by atoms with van der Waals surface area (Å²) in [5.74, 6) is 0.803. The summed E-state index contributed by atoms with van der Waals surface area (Å²) in [5, 5.41) is 3.62. The van der Waals surface area contributed by atoms with Crippen LogP contribution in [0.3, 0.4) is 0 Å². The summed E-state index contributed by atoms with van der Waals surface area (Å²) in [5.41, 5.74) is 1.55. The highest BCUT2D eigenvalue weighted by atomic mass is 32.2. The number of rotatable bonds is 9. The molecule has 1 saturated carbocycles. The molecule has 1 aromatic carbocycles. The molecule has 32 heavy (non-hydrogen) atoms. The standard InChI is InChI=1S/C26H34N2O3S/c1-20(2)24-19-28-17-7-6-11-25(28)26(24)32(29,30)23-14-12-22(13-15-23)31-18-8-16-27-21-9-4-3-5-10-21/h6-7,11-15,17,19-21,27H,3-5,8-10,16,18H2,1-2H3. The largest absolute Gasteiger partial charge is 0.494 e. The van der Waals surface area contributed by atoms with Crippen LogP contribution in [-0.4, -0.2) is 32.0 Å². The van der Waals surface area contributed by atoms with Gasteiger partial charge in [0.1, 0.15) is 10.6 Å². The molecule has 1 N–H and O–H groups in total. The van der Waals surface area contributed by atoms with Gasteiger partial charge in [0.2, 0.25) is 9.84 Å². The molecular weight excluding hydrogens is 420 g/mol. The third-order valence-electron chi connectivity index (χ3n) is 6.32. The Morgan fingerprint density at radius 3 is 2.53 bits per heavy atom. The van der Waals surface area contributed by atoms with E-state index in [1.165, 1.54) is 32.1 Å². The van der Waals surface area contributed by atoms with E-state index < -0.39 is 9.84 Å². The molecule has 0 atom stereocenters. The zero-order valence-corrected chi connectivity index (χ0v) is 19.9. The number of hydrogen-bond donors (Lipinski definition) is 1. The molecule has 0 radical (unpaired) electrons. The van der Waals surface area contributed by atoms with Gasteiger partial charge in [0, 0.05) is 18.4 Å². The lowest BCUT2D eigenvalue weighted by Crippen LogP contribution is -2.32. The Morgan fingerprint density at radius 1 is 1.06 bits per heavy atom. The maximum absolute atomic E-state index is 13.5. The van der Waals surface area contributed by atoms with Gasteiger partial charge in [-0.2, -0.15) is 0 Å². The van der Waals surface area contributed by atoms with E-state index in [0.29, 0.717) is 33.7 Å². The second-order valence-electron chi connectivity index (χ2n) is 9.03. The summed E-state index contributed by atoms with van der Waals surface area (Å²) in [6, 6.07) is 13.1. The summed E-state index contributed by atoms with van der Waals surface area (Å²) in [6.07, 6.45) is 11.4. The summed E-state index contributed by atoms with van der Waals surface area (Å²) in [7, 11) is -3.64. The quantitative estimate of drug-likeness (QED) is 0.428. The van der Waals surface area contributed by atoms with Crippen LogP contribution in [0, 0.1) is 0 Å². The Morgan fingerprint density at radius 2 is 1.81 bits per heavy atom. The zero-order valence-electron chi connectivity index (χ0n) is 19.1. The van der Waals surface area contributed by atoms with Gasteiger partial charge in [-0.25, -0.2) is 8.42 Å². The second-order valence-corrected chi connectivity index (χ2v) is 10.9. The number of hydrogen-bond acceptors (Lipinski definition) is 4. The minimum atomic E-state index is -3.64. The van der Waals surface area contributed by atoms with Gasteiger partial charge in [-0.05, 0) is 73.7 Å². The summed E-state index contributed by atoms with van der Waals surface area (Å²) >= 11 is 0. The van der Waals surface area contributed by atoms with Crippen molar-refractivity contribution in [3.8, 4) is 5.75 Å². The lowest BCUT2D eigenvalue weighted by atomic mass is 9.95. The topological polar surface area (TPSA) is 59.8 Å². The number of aromatic nitrogens is 1. The Kier molecular flexibility index (Phi) is 7.21. The normalized spacial score (nSPS) is 15.5. The molecule has 1 aliphatic rings.